The third-order valence-electron chi connectivity index (χ3n) is 2.98. The van der Waals surface area contributed by atoms with E-state index in [1.807, 2.05) is 13.0 Å². The summed E-state index contributed by atoms with van der Waals surface area (Å²) >= 11 is 0. The molecule has 0 saturated heterocycles. The predicted octanol–water partition coefficient (Wildman–Crippen LogP) is 2.27. The molecule has 0 spiro atoms. The minimum Gasteiger partial charge on any atom is -0.462 e. The first-order valence-electron chi connectivity index (χ1n) is 6.83. The Bertz CT molecular complexity index is 668. The van der Waals surface area contributed by atoms with E-state index in [4.69, 9.17) is 10.00 Å². The minimum absolute atomic E-state index is 0.339. The van der Waals surface area contributed by atoms with Gasteiger partial charge in [-0.2, -0.15) is 5.26 Å². The molecule has 0 atom stereocenters. The molecule has 0 radical (unpaired) electrons. The first-order chi connectivity index (χ1) is 10.2. The molecule has 2 aromatic rings. The zero-order chi connectivity index (χ0) is 15.2. The largest absolute Gasteiger partial charge is 0.462 e. The van der Waals surface area contributed by atoms with E-state index in [1.165, 1.54) is 0 Å². The van der Waals surface area contributed by atoms with Crippen molar-refractivity contribution in [2.75, 3.05) is 6.61 Å². The summed E-state index contributed by atoms with van der Waals surface area (Å²) in [5, 5.41) is 16.9. The van der Waals surface area contributed by atoms with E-state index >= 15 is 0 Å². The number of hydrogen-bond acceptors (Lipinski definition) is 5. The molecule has 0 aliphatic rings. The van der Waals surface area contributed by atoms with Gasteiger partial charge < -0.3 is 4.74 Å². The van der Waals surface area contributed by atoms with Crippen molar-refractivity contribution in [2.45, 2.75) is 26.7 Å². The average molecular weight is 284 g/mol. The monoisotopic (exact) mass is 284 g/mol. The van der Waals surface area contributed by atoms with Gasteiger partial charge in [0.2, 0.25) is 0 Å². The normalized spacial score (nSPS) is 10.1. The van der Waals surface area contributed by atoms with Crippen LogP contribution in [0.3, 0.4) is 0 Å². The van der Waals surface area contributed by atoms with Crippen LogP contribution in [0.2, 0.25) is 0 Å². The number of nitriles is 1. The molecule has 0 fully saturated rings. The number of rotatable bonds is 5. The van der Waals surface area contributed by atoms with E-state index in [2.05, 4.69) is 10.3 Å². The molecular formula is C15H16N4O2. The maximum Gasteiger partial charge on any atom is 0.338 e. The molecule has 108 valence electrons. The van der Waals surface area contributed by atoms with Crippen molar-refractivity contribution in [1.82, 2.24) is 15.0 Å². The van der Waals surface area contributed by atoms with Crippen molar-refractivity contribution in [3.05, 3.63) is 41.2 Å². The Hall–Kier alpha value is -2.68. The zero-order valence-corrected chi connectivity index (χ0v) is 12.0. The molecule has 6 heteroatoms. The summed E-state index contributed by atoms with van der Waals surface area (Å²) in [6.45, 7) is 4.14. The summed E-state index contributed by atoms with van der Waals surface area (Å²) in [5.74, 6) is -0.353. The van der Waals surface area contributed by atoms with Gasteiger partial charge in [0.05, 0.1) is 23.6 Å². The summed E-state index contributed by atoms with van der Waals surface area (Å²) in [4.78, 5) is 11.6. The van der Waals surface area contributed by atoms with Crippen LogP contribution in [0.4, 0.5) is 0 Å². The molecule has 0 amide bonds. The van der Waals surface area contributed by atoms with Crippen LogP contribution in [0.25, 0.3) is 5.69 Å². The second-order valence-corrected chi connectivity index (χ2v) is 4.43. The molecular weight excluding hydrogens is 268 g/mol. The van der Waals surface area contributed by atoms with Crippen molar-refractivity contribution in [2.24, 2.45) is 0 Å². The molecule has 1 heterocycles. The molecule has 6 nitrogen and oxygen atoms in total. The lowest BCUT2D eigenvalue weighted by atomic mass is 10.2. The summed E-state index contributed by atoms with van der Waals surface area (Å²) in [6, 6.07) is 8.93. The number of ether oxygens (including phenoxy) is 1. The summed E-state index contributed by atoms with van der Waals surface area (Å²) in [6.07, 6.45) is 1.61. The number of nitrogens with zero attached hydrogens (tertiary/aromatic N) is 4. The standard InChI is InChI=1S/C15H16N4O2/c1-3-5-14-13(10-16)17-18-19(14)12-8-6-11(7-9-12)15(20)21-4-2/h6-9H,3-5H2,1-2H3. The van der Waals surface area contributed by atoms with Crippen LogP contribution in [0.15, 0.2) is 24.3 Å². The Morgan fingerprint density at radius 3 is 2.62 bits per heavy atom. The number of carbonyl (C=O) groups excluding carboxylic acids is 1. The maximum atomic E-state index is 11.6. The smallest absolute Gasteiger partial charge is 0.338 e. The summed E-state index contributed by atoms with van der Waals surface area (Å²) in [7, 11) is 0. The highest BCUT2D eigenvalue weighted by molar-refractivity contribution is 5.89. The molecule has 21 heavy (non-hydrogen) atoms. The topological polar surface area (TPSA) is 80.8 Å². The van der Waals surface area contributed by atoms with E-state index < -0.39 is 0 Å². The van der Waals surface area contributed by atoms with E-state index in [9.17, 15) is 4.79 Å². The van der Waals surface area contributed by atoms with Crippen molar-refractivity contribution in [1.29, 1.82) is 5.26 Å². The first-order valence-corrected chi connectivity index (χ1v) is 6.83. The van der Waals surface area contributed by atoms with Crippen molar-refractivity contribution in [3.8, 4) is 11.8 Å². The van der Waals surface area contributed by atoms with Gasteiger partial charge in [0, 0.05) is 0 Å². The number of aromatic nitrogens is 3. The highest BCUT2D eigenvalue weighted by atomic mass is 16.5. The Balaban J connectivity index is 2.33. The highest BCUT2D eigenvalue weighted by Crippen LogP contribution is 2.15. The Morgan fingerprint density at radius 2 is 2.05 bits per heavy atom. The van der Waals surface area contributed by atoms with Crippen LogP contribution in [-0.4, -0.2) is 27.6 Å². The van der Waals surface area contributed by atoms with Crippen molar-refractivity contribution in [3.63, 3.8) is 0 Å². The third-order valence-corrected chi connectivity index (χ3v) is 2.98. The van der Waals surface area contributed by atoms with Gasteiger partial charge in [-0.05, 0) is 37.6 Å². The molecule has 0 unspecified atom stereocenters. The second kappa shape index (κ2) is 6.66. The van der Waals surface area contributed by atoms with Gasteiger partial charge in [0.1, 0.15) is 6.07 Å². The van der Waals surface area contributed by atoms with Crippen molar-refractivity contribution < 1.29 is 9.53 Å². The van der Waals surface area contributed by atoms with Gasteiger partial charge in [-0.1, -0.05) is 18.6 Å². The molecule has 0 aliphatic heterocycles. The lowest BCUT2D eigenvalue weighted by Crippen LogP contribution is -2.06. The Labute approximate surface area is 123 Å². The molecule has 0 N–H and O–H groups in total. The fraction of sp³-hybridized carbons (Fsp3) is 0.333. The fourth-order valence-corrected chi connectivity index (χ4v) is 2.01. The maximum absolute atomic E-state index is 11.6. The number of esters is 1. The van der Waals surface area contributed by atoms with Gasteiger partial charge in [0.15, 0.2) is 5.69 Å². The molecule has 1 aromatic heterocycles. The quantitative estimate of drug-likeness (QED) is 0.787. The fourth-order valence-electron chi connectivity index (χ4n) is 2.01. The van der Waals surface area contributed by atoms with Gasteiger partial charge in [-0.25, -0.2) is 9.48 Å². The van der Waals surface area contributed by atoms with E-state index in [1.54, 1.807) is 35.9 Å². The molecule has 1 aromatic carbocycles. The van der Waals surface area contributed by atoms with Crippen molar-refractivity contribution >= 4 is 5.97 Å². The lowest BCUT2D eigenvalue weighted by molar-refractivity contribution is 0.0526. The Morgan fingerprint density at radius 1 is 1.33 bits per heavy atom. The van der Waals surface area contributed by atoms with E-state index in [-0.39, 0.29) is 5.97 Å². The molecule has 0 bridgehead atoms. The van der Waals surface area contributed by atoms with Crippen LogP contribution in [0.1, 0.15) is 42.0 Å². The predicted molar refractivity (Wildman–Crippen MR) is 76.0 cm³/mol. The summed E-state index contributed by atoms with van der Waals surface area (Å²) < 4.78 is 6.58. The van der Waals surface area contributed by atoms with Gasteiger partial charge in [0.25, 0.3) is 0 Å². The number of benzene rings is 1. The Kier molecular flexibility index (Phi) is 4.67. The first kappa shape index (κ1) is 14.7. The van der Waals surface area contributed by atoms with Crippen LogP contribution in [0.5, 0.6) is 0 Å². The van der Waals surface area contributed by atoms with Gasteiger partial charge in [-0.3, -0.25) is 0 Å². The van der Waals surface area contributed by atoms with Crippen LogP contribution in [-0.2, 0) is 11.2 Å². The van der Waals surface area contributed by atoms with E-state index in [0.29, 0.717) is 17.9 Å². The minimum atomic E-state index is -0.353. The average Bonchev–Trinajstić information content (AvgIpc) is 2.91. The number of hydrogen-bond donors (Lipinski definition) is 0. The molecule has 2 rings (SSSR count). The zero-order valence-electron chi connectivity index (χ0n) is 12.0. The van der Waals surface area contributed by atoms with E-state index in [0.717, 1.165) is 24.2 Å². The molecule has 0 saturated carbocycles. The van der Waals surface area contributed by atoms with Crippen LogP contribution < -0.4 is 0 Å². The van der Waals surface area contributed by atoms with Crippen LogP contribution in [0, 0.1) is 11.3 Å². The highest BCUT2D eigenvalue weighted by Gasteiger charge is 2.14. The SMILES string of the molecule is CCCc1c(C#N)nnn1-c1ccc(C(=O)OCC)cc1. The number of carbonyl (C=O) groups is 1. The molecule has 0 aliphatic carbocycles. The van der Waals surface area contributed by atoms with Gasteiger partial charge in [-0.15, -0.1) is 5.10 Å². The van der Waals surface area contributed by atoms with Gasteiger partial charge >= 0.3 is 5.97 Å². The lowest BCUT2D eigenvalue weighted by Gasteiger charge is -2.07. The summed E-state index contributed by atoms with van der Waals surface area (Å²) in [5.41, 5.74) is 2.37. The third kappa shape index (κ3) is 3.08. The van der Waals surface area contributed by atoms with Crippen LogP contribution >= 0.6 is 0 Å². The second-order valence-electron chi connectivity index (χ2n) is 4.43.